The molecular formula is C24H29N7O2. The molecule has 0 unspecified atom stereocenters. The summed E-state index contributed by atoms with van der Waals surface area (Å²) in [5.41, 5.74) is 16.2. The van der Waals surface area contributed by atoms with Crippen molar-refractivity contribution in [3.8, 4) is 23.3 Å². The van der Waals surface area contributed by atoms with Gasteiger partial charge in [-0.2, -0.15) is 10.4 Å². The van der Waals surface area contributed by atoms with Crippen molar-refractivity contribution in [2.45, 2.75) is 26.3 Å². The van der Waals surface area contributed by atoms with Gasteiger partial charge in [0.2, 0.25) is 0 Å². The van der Waals surface area contributed by atoms with Crippen LogP contribution >= 0.6 is 0 Å². The molecule has 0 fully saturated rings. The number of ether oxygens (including phenoxy) is 2. The van der Waals surface area contributed by atoms with Gasteiger partial charge < -0.3 is 26.3 Å². The van der Waals surface area contributed by atoms with Crippen molar-refractivity contribution in [1.82, 2.24) is 15.1 Å². The summed E-state index contributed by atoms with van der Waals surface area (Å²) < 4.78 is 12.2. The number of nitrogens with one attached hydrogen (secondary N) is 1. The monoisotopic (exact) mass is 447 g/mol. The minimum absolute atomic E-state index is 0.343. The number of aromatic nitrogens is 2. The predicted molar refractivity (Wildman–Crippen MR) is 129 cm³/mol. The molecule has 172 valence electrons. The molecule has 0 saturated heterocycles. The van der Waals surface area contributed by atoms with Gasteiger partial charge in [0.1, 0.15) is 17.5 Å². The first-order valence-corrected chi connectivity index (χ1v) is 10.6. The van der Waals surface area contributed by atoms with Crippen molar-refractivity contribution in [2.75, 3.05) is 26.5 Å². The lowest BCUT2D eigenvalue weighted by molar-refractivity contribution is 0.354. The van der Waals surface area contributed by atoms with Gasteiger partial charge in [0.25, 0.3) is 0 Å². The first-order chi connectivity index (χ1) is 16.0. The van der Waals surface area contributed by atoms with Crippen LogP contribution in [-0.2, 0) is 13.0 Å². The van der Waals surface area contributed by atoms with E-state index in [1.807, 2.05) is 49.4 Å². The van der Waals surface area contributed by atoms with Crippen molar-refractivity contribution < 1.29 is 9.47 Å². The average Bonchev–Trinajstić information content (AvgIpc) is 3.15. The van der Waals surface area contributed by atoms with Crippen LogP contribution in [0, 0.1) is 18.3 Å². The zero-order chi connectivity index (χ0) is 23.8. The number of hydrogen-bond acceptors (Lipinski definition) is 6. The third-order valence-electron chi connectivity index (χ3n) is 5.16. The molecule has 0 bridgehead atoms. The highest BCUT2D eigenvalue weighted by atomic mass is 16.5. The molecule has 3 aromatic rings. The lowest BCUT2D eigenvalue weighted by Crippen LogP contribution is -2.32. The molecule has 3 rings (SSSR count). The van der Waals surface area contributed by atoms with Crippen molar-refractivity contribution in [3.63, 3.8) is 0 Å². The average molecular weight is 448 g/mol. The van der Waals surface area contributed by atoms with Crippen LogP contribution in [0.25, 0.3) is 5.69 Å². The molecule has 1 aromatic heterocycles. The Hall–Kier alpha value is -4.19. The van der Waals surface area contributed by atoms with E-state index in [4.69, 9.17) is 20.9 Å². The molecular weight excluding hydrogens is 418 g/mol. The van der Waals surface area contributed by atoms with Crippen LogP contribution in [-0.4, -0.2) is 36.5 Å². The largest absolute Gasteiger partial charge is 0.493 e. The number of hydrogen-bond donors (Lipinski definition) is 3. The molecule has 0 atom stereocenters. The fourth-order valence-electron chi connectivity index (χ4n) is 3.34. The fraction of sp³-hybridized carbons (Fsp3) is 0.292. The van der Waals surface area contributed by atoms with Gasteiger partial charge in [-0.15, -0.1) is 0 Å². The Kier molecular flexibility index (Phi) is 7.76. The molecule has 9 heteroatoms. The second kappa shape index (κ2) is 10.9. The van der Waals surface area contributed by atoms with Crippen molar-refractivity contribution >= 4 is 11.8 Å². The number of nitriles is 1. The normalized spacial score (nSPS) is 11.2. The molecule has 1 heterocycles. The van der Waals surface area contributed by atoms with Gasteiger partial charge in [-0.05, 0) is 49.6 Å². The number of aryl methyl sites for hydroxylation is 2. The highest BCUT2D eigenvalue weighted by Crippen LogP contribution is 2.27. The molecule has 0 spiro atoms. The number of benzene rings is 2. The Labute approximate surface area is 193 Å². The van der Waals surface area contributed by atoms with E-state index >= 15 is 0 Å². The molecule has 33 heavy (non-hydrogen) atoms. The molecule has 0 radical (unpaired) electrons. The van der Waals surface area contributed by atoms with Crippen molar-refractivity contribution in [2.24, 2.45) is 10.7 Å². The Morgan fingerprint density at radius 1 is 1.15 bits per heavy atom. The minimum Gasteiger partial charge on any atom is -0.493 e. The van der Waals surface area contributed by atoms with Gasteiger partial charge in [-0.25, -0.2) is 9.67 Å². The number of nitrogens with two attached hydrogens (primary N) is 2. The summed E-state index contributed by atoms with van der Waals surface area (Å²) in [6.45, 7) is 3.01. The van der Waals surface area contributed by atoms with Gasteiger partial charge in [0, 0.05) is 6.54 Å². The zero-order valence-corrected chi connectivity index (χ0v) is 19.1. The Morgan fingerprint density at radius 2 is 1.88 bits per heavy atom. The van der Waals surface area contributed by atoms with Crippen LogP contribution in [0.2, 0.25) is 0 Å². The first kappa shape index (κ1) is 23.5. The van der Waals surface area contributed by atoms with E-state index in [0.717, 1.165) is 16.8 Å². The number of guanidine groups is 1. The minimum atomic E-state index is 0.343. The molecule has 2 aromatic carbocycles. The quantitative estimate of drug-likeness (QED) is 0.261. The molecule has 0 aliphatic carbocycles. The maximum atomic E-state index is 9.54. The second-order valence-electron chi connectivity index (χ2n) is 7.49. The molecule has 9 nitrogen and oxygen atoms in total. The number of nitrogens with zero attached hydrogens (tertiary/aromatic N) is 4. The molecule has 0 aliphatic heterocycles. The lowest BCUT2D eigenvalue weighted by Gasteiger charge is -2.09. The Balaban J connectivity index is 1.56. The Morgan fingerprint density at radius 3 is 2.55 bits per heavy atom. The fourth-order valence-corrected chi connectivity index (χ4v) is 3.34. The van der Waals surface area contributed by atoms with Crippen LogP contribution in [0.15, 0.2) is 47.5 Å². The number of aliphatic imine (C=N–C) groups is 1. The van der Waals surface area contributed by atoms with Crippen molar-refractivity contribution in [1.29, 1.82) is 5.26 Å². The predicted octanol–water partition coefficient (Wildman–Crippen LogP) is 2.69. The van der Waals surface area contributed by atoms with Gasteiger partial charge in [0.15, 0.2) is 17.5 Å². The topological polar surface area (TPSA) is 136 Å². The Bertz CT molecular complexity index is 1160. The van der Waals surface area contributed by atoms with Crippen LogP contribution < -0.4 is 26.3 Å². The summed E-state index contributed by atoms with van der Waals surface area (Å²) in [4.78, 5) is 4.36. The highest BCUT2D eigenvalue weighted by Gasteiger charge is 2.16. The van der Waals surface area contributed by atoms with Gasteiger partial charge >= 0.3 is 0 Å². The van der Waals surface area contributed by atoms with E-state index in [9.17, 15) is 5.26 Å². The number of rotatable bonds is 9. The van der Waals surface area contributed by atoms with Crippen LogP contribution in [0.1, 0.15) is 28.8 Å². The first-order valence-electron chi connectivity index (χ1n) is 10.6. The third kappa shape index (κ3) is 5.74. The summed E-state index contributed by atoms with van der Waals surface area (Å²) in [7, 11) is 3.19. The molecule has 0 aliphatic rings. The summed E-state index contributed by atoms with van der Waals surface area (Å²) >= 11 is 0. The maximum absolute atomic E-state index is 9.54. The van der Waals surface area contributed by atoms with E-state index in [1.54, 1.807) is 18.9 Å². The third-order valence-corrected chi connectivity index (χ3v) is 5.16. The zero-order valence-electron chi connectivity index (χ0n) is 19.1. The second-order valence-corrected chi connectivity index (χ2v) is 7.49. The summed E-state index contributed by atoms with van der Waals surface area (Å²) in [5.74, 6) is 2.00. The van der Waals surface area contributed by atoms with E-state index in [2.05, 4.69) is 21.5 Å². The number of methoxy groups -OCH3 is 2. The van der Waals surface area contributed by atoms with E-state index < -0.39 is 0 Å². The van der Waals surface area contributed by atoms with Gasteiger partial charge in [-0.1, -0.05) is 23.8 Å². The van der Waals surface area contributed by atoms with Crippen LogP contribution in [0.4, 0.5) is 5.82 Å². The number of nitrogen functional groups attached to an aromatic ring is 1. The maximum Gasteiger partial charge on any atom is 0.188 e. The number of anilines is 1. The summed E-state index contributed by atoms with van der Waals surface area (Å²) in [5, 5.41) is 17.2. The molecule has 0 amide bonds. The smallest absolute Gasteiger partial charge is 0.188 e. The highest BCUT2D eigenvalue weighted by molar-refractivity contribution is 5.77. The molecule has 5 N–H and O–H groups in total. The lowest BCUT2D eigenvalue weighted by atomic mass is 10.1. The standard InChI is InChI=1S/C24H29N7O2/c1-16-6-9-18(10-7-16)31-23(26)19(14-25)20(30-31)5-4-12-28-24(27)29-15-17-8-11-21(32-2)22(13-17)33-3/h6-11,13H,4-5,12,15,26H2,1-3H3,(H3,27,28,29). The van der Waals surface area contributed by atoms with Crippen LogP contribution in [0.3, 0.4) is 0 Å². The van der Waals surface area contributed by atoms with Crippen LogP contribution in [0.5, 0.6) is 11.5 Å². The summed E-state index contributed by atoms with van der Waals surface area (Å²) in [6, 6.07) is 15.6. The van der Waals surface area contributed by atoms with Gasteiger partial charge in [0.05, 0.1) is 32.1 Å². The van der Waals surface area contributed by atoms with E-state index in [1.165, 1.54) is 0 Å². The molecule has 0 saturated carbocycles. The SMILES string of the molecule is COc1ccc(CN=C(N)NCCCc2nn(-c3ccc(C)cc3)c(N)c2C#N)cc1OC. The van der Waals surface area contributed by atoms with E-state index in [-0.39, 0.29) is 0 Å². The summed E-state index contributed by atoms with van der Waals surface area (Å²) in [6.07, 6.45) is 1.30. The van der Waals surface area contributed by atoms with Crippen molar-refractivity contribution in [3.05, 3.63) is 64.8 Å². The van der Waals surface area contributed by atoms with E-state index in [0.29, 0.717) is 60.5 Å². The van der Waals surface area contributed by atoms with Gasteiger partial charge in [-0.3, -0.25) is 0 Å².